The van der Waals surface area contributed by atoms with E-state index in [0.717, 1.165) is 5.56 Å². The monoisotopic (exact) mass is 137 g/mol. The molecule has 0 aliphatic carbocycles. The topological polar surface area (TPSA) is 55.2 Å². The van der Waals surface area contributed by atoms with Crippen LogP contribution in [0.15, 0.2) is 17.6 Å². The number of rotatable bonds is 2. The fourth-order valence-corrected chi connectivity index (χ4v) is 0.559. The van der Waals surface area contributed by atoms with Crippen LogP contribution < -0.4 is 0 Å². The molecule has 1 aromatic heterocycles. The van der Waals surface area contributed by atoms with Crippen molar-refractivity contribution in [3.05, 3.63) is 28.7 Å². The summed E-state index contributed by atoms with van der Waals surface area (Å²) in [4.78, 5) is 17.5. The first kappa shape index (κ1) is 6.80. The number of aryl methyl sites for hydroxylation is 1. The molecule has 0 atom stereocenters. The maximum absolute atomic E-state index is 9.73. The van der Waals surface area contributed by atoms with E-state index in [1.54, 1.807) is 12.4 Å². The largest absolute Gasteiger partial charge is 0.239 e. The molecule has 1 rings (SSSR count). The van der Waals surface area contributed by atoms with Crippen molar-refractivity contribution in [1.29, 1.82) is 0 Å². The molecule has 4 nitrogen and oxygen atoms in total. The van der Waals surface area contributed by atoms with Crippen LogP contribution in [0, 0.1) is 11.8 Å². The second-order valence-electron chi connectivity index (χ2n) is 1.96. The third-order valence-electron chi connectivity index (χ3n) is 1.04. The minimum absolute atomic E-state index is 0.0558. The van der Waals surface area contributed by atoms with Crippen LogP contribution in [0.25, 0.3) is 0 Å². The molecular weight excluding hydrogens is 130 g/mol. The highest BCUT2D eigenvalue weighted by Crippen LogP contribution is 1.93. The predicted octanol–water partition coefficient (Wildman–Crippen LogP) is 1.05. The molecule has 10 heavy (non-hydrogen) atoms. The first-order valence-corrected chi connectivity index (χ1v) is 2.89. The zero-order valence-corrected chi connectivity index (χ0v) is 5.61. The number of aromatic nitrogens is 2. The molecule has 0 spiro atoms. The standard InChI is InChI=1S/C6H7N3O/c1-5-2-7-6(4-9-10)8-3-5/h2-3H,4H2,1H3. The highest BCUT2D eigenvalue weighted by molar-refractivity contribution is 5.01. The van der Waals surface area contributed by atoms with Gasteiger partial charge in [0, 0.05) is 12.4 Å². The molecule has 0 saturated carbocycles. The molecule has 0 saturated heterocycles. The van der Waals surface area contributed by atoms with E-state index in [1.165, 1.54) is 0 Å². The lowest BCUT2D eigenvalue weighted by molar-refractivity contribution is 0.895. The van der Waals surface area contributed by atoms with E-state index in [4.69, 9.17) is 0 Å². The Labute approximate surface area is 58.3 Å². The van der Waals surface area contributed by atoms with E-state index in [-0.39, 0.29) is 6.54 Å². The van der Waals surface area contributed by atoms with E-state index in [9.17, 15) is 4.91 Å². The number of hydrogen-bond acceptors (Lipinski definition) is 4. The van der Waals surface area contributed by atoms with Gasteiger partial charge in [0.05, 0.1) is 0 Å². The molecule has 0 aliphatic heterocycles. The lowest BCUT2D eigenvalue weighted by atomic mass is 10.4. The average Bonchev–Trinajstić information content (AvgIpc) is 1.95. The first-order valence-electron chi connectivity index (χ1n) is 2.89. The molecule has 1 aromatic rings. The lowest BCUT2D eigenvalue weighted by Crippen LogP contribution is -1.91. The summed E-state index contributed by atoms with van der Waals surface area (Å²) in [5.74, 6) is 0.473. The maximum Gasteiger partial charge on any atom is 0.153 e. The van der Waals surface area contributed by atoms with Gasteiger partial charge in [0.2, 0.25) is 0 Å². The molecule has 4 heteroatoms. The molecule has 0 unspecified atom stereocenters. The van der Waals surface area contributed by atoms with Crippen molar-refractivity contribution >= 4 is 0 Å². The quantitative estimate of drug-likeness (QED) is 0.572. The van der Waals surface area contributed by atoms with Crippen molar-refractivity contribution < 1.29 is 0 Å². The number of hydrogen-bond donors (Lipinski definition) is 0. The molecule has 52 valence electrons. The number of nitroso groups, excluding NO2 is 1. The summed E-state index contributed by atoms with van der Waals surface area (Å²) in [6.45, 7) is 1.94. The minimum atomic E-state index is 0.0558. The van der Waals surface area contributed by atoms with E-state index < -0.39 is 0 Å². The van der Waals surface area contributed by atoms with Gasteiger partial charge in [-0.3, -0.25) is 0 Å². The van der Waals surface area contributed by atoms with Gasteiger partial charge in [-0.2, -0.15) is 4.91 Å². The summed E-state index contributed by atoms with van der Waals surface area (Å²) in [5.41, 5.74) is 0.981. The van der Waals surface area contributed by atoms with Crippen LogP contribution in [0.2, 0.25) is 0 Å². The molecule has 0 amide bonds. The number of nitrogens with zero attached hydrogens (tertiary/aromatic N) is 3. The summed E-state index contributed by atoms with van der Waals surface area (Å²) in [6.07, 6.45) is 3.32. The van der Waals surface area contributed by atoms with Crippen molar-refractivity contribution in [2.45, 2.75) is 13.5 Å². The third-order valence-corrected chi connectivity index (χ3v) is 1.04. The van der Waals surface area contributed by atoms with Crippen molar-refractivity contribution in [1.82, 2.24) is 9.97 Å². The van der Waals surface area contributed by atoms with Crippen molar-refractivity contribution in [3.63, 3.8) is 0 Å². The maximum atomic E-state index is 9.73. The van der Waals surface area contributed by atoms with E-state index in [2.05, 4.69) is 15.1 Å². The molecule has 0 bridgehead atoms. The van der Waals surface area contributed by atoms with Crippen LogP contribution in [0.1, 0.15) is 11.4 Å². The Morgan fingerprint density at radius 3 is 2.60 bits per heavy atom. The molecule has 0 aromatic carbocycles. The summed E-state index contributed by atoms with van der Waals surface area (Å²) in [7, 11) is 0. The molecule has 0 aliphatic rings. The highest BCUT2D eigenvalue weighted by atomic mass is 16.3. The summed E-state index contributed by atoms with van der Waals surface area (Å²) in [6, 6.07) is 0. The lowest BCUT2D eigenvalue weighted by Gasteiger charge is -1.91. The second-order valence-corrected chi connectivity index (χ2v) is 1.96. The normalized spacial score (nSPS) is 9.30. The van der Waals surface area contributed by atoms with Crippen LogP contribution in [0.4, 0.5) is 0 Å². The van der Waals surface area contributed by atoms with Crippen molar-refractivity contribution in [3.8, 4) is 0 Å². The summed E-state index contributed by atoms with van der Waals surface area (Å²) < 4.78 is 0. The van der Waals surface area contributed by atoms with Crippen molar-refractivity contribution in [2.75, 3.05) is 0 Å². The van der Waals surface area contributed by atoms with Gasteiger partial charge in [-0.1, -0.05) is 5.18 Å². The fraction of sp³-hybridized carbons (Fsp3) is 0.333. The zero-order valence-electron chi connectivity index (χ0n) is 5.61. The second kappa shape index (κ2) is 3.00. The average molecular weight is 137 g/mol. The van der Waals surface area contributed by atoms with E-state index in [0.29, 0.717) is 5.82 Å². The van der Waals surface area contributed by atoms with Gasteiger partial charge < -0.3 is 0 Å². The van der Waals surface area contributed by atoms with Gasteiger partial charge in [0.1, 0.15) is 6.54 Å². The van der Waals surface area contributed by atoms with Crippen LogP contribution in [-0.4, -0.2) is 9.97 Å². The van der Waals surface area contributed by atoms with Gasteiger partial charge in [-0.25, -0.2) is 9.97 Å². The van der Waals surface area contributed by atoms with Crippen molar-refractivity contribution in [2.24, 2.45) is 5.18 Å². The Morgan fingerprint density at radius 2 is 2.10 bits per heavy atom. The van der Waals surface area contributed by atoms with Gasteiger partial charge >= 0.3 is 0 Å². The Morgan fingerprint density at radius 1 is 1.50 bits per heavy atom. The summed E-state index contributed by atoms with van der Waals surface area (Å²) >= 11 is 0. The molecular formula is C6H7N3O. The zero-order chi connectivity index (χ0) is 7.40. The van der Waals surface area contributed by atoms with Crippen LogP contribution in [0.3, 0.4) is 0 Å². The Hall–Kier alpha value is -1.32. The molecule has 0 fully saturated rings. The molecule has 1 heterocycles. The third kappa shape index (κ3) is 1.58. The van der Waals surface area contributed by atoms with Gasteiger partial charge in [0.15, 0.2) is 5.82 Å². The van der Waals surface area contributed by atoms with Gasteiger partial charge in [-0.15, -0.1) is 0 Å². The highest BCUT2D eigenvalue weighted by Gasteiger charge is 1.92. The Bertz CT molecular complexity index is 219. The SMILES string of the molecule is Cc1cnc(CN=O)nc1. The molecule has 0 N–H and O–H groups in total. The smallest absolute Gasteiger partial charge is 0.153 e. The van der Waals surface area contributed by atoms with Crippen LogP contribution >= 0.6 is 0 Å². The van der Waals surface area contributed by atoms with E-state index in [1.807, 2.05) is 6.92 Å². The van der Waals surface area contributed by atoms with Crippen LogP contribution in [0.5, 0.6) is 0 Å². The van der Waals surface area contributed by atoms with Gasteiger partial charge in [-0.05, 0) is 12.5 Å². The predicted molar refractivity (Wildman–Crippen MR) is 36.3 cm³/mol. The molecule has 0 radical (unpaired) electrons. The van der Waals surface area contributed by atoms with Gasteiger partial charge in [0.25, 0.3) is 0 Å². The Balaban J connectivity index is 2.78. The van der Waals surface area contributed by atoms with E-state index >= 15 is 0 Å². The Kier molecular flexibility index (Phi) is 2.04. The summed E-state index contributed by atoms with van der Waals surface area (Å²) in [5, 5.41) is 2.66. The fourth-order valence-electron chi connectivity index (χ4n) is 0.559. The minimum Gasteiger partial charge on any atom is -0.239 e. The first-order chi connectivity index (χ1) is 4.83. The van der Waals surface area contributed by atoms with Crippen LogP contribution in [-0.2, 0) is 6.54 Å².